The normalized spacial score (nSPS) is 19.4. The van der Waals surface area contributed by atoms with Crippen LogP contribution < -0.4 is 5.32 Å². The molecule has 1 aromatic rings. The van der Waals surface area contributed by atoms with Gasteiger partial charge in [0.25, 0.3) is 0 Å². The highest BCUT2D eigenvalue weighted by Crippen LogP contribution is 2.31. The van der Waals surface area contributed by atoms with E-state index >= 15 is 0 Å². The summed E-state index contributed by atoms with van der Waals surface area (Å²) >= 11 is 0. The van der Waals surface area contributed by atoms with Crippen LogP contribution in [0.4, 0.5) is 0 Å². The summed E-state index contributed by atoms with van der Waals surface area (Å²) in [5.41, 5.74) is 1.12. The van der Waals surface area contributed by atoms with Crippen molar-refractivity contribution >= 4 is 11.8 Å². The summed E-state index contributed by atoms with van der Waals surface area (Å²) in [4.78, 5) is 25.9. The molecule has 2 heterocycles. The highest BCUT2D eigenvalue weighted by atomic mass is 16.7. The zero-order valence-corrected chi connectivity index (χ0v) is 13.8. The number of nitrogens with zero attached hydrogens (tertiary/aromatic N) is 1. The number of amides is 2. The summed E-state index contributed by atoms with van der Waals surface area (Å²) in [6.07, 6.45) is 2.46. The van der Waals surface area contributed by atoms with Crippen LogP contribution >= 0.6 is 0 Å². The molecular formula is C18H24N2O4. The summed E-state index contributed by atoms with van der Waals surface area (Å²) in [5.74, 6) is -0.616. The Labute approximate surface area is 142 Å². The number of carbonyl (C=O) groups is 2. The monoisotopic (exact) mass is 332 g/mol. The molecule has 1 aromatic carbocycles. The van der Waals surface area contributed by atoms with Gasteiger partial charge in [0, 0.05) is 32.4 Å². The molecular weight excluding hydrogens is 308 g/mol. The molecule has 0 aromatic heterocycles. The number of aryl methyl sites for hydroxylation is 1. The van der Waals surface area contributed by atoms with Gasteiger partial charge in [-0.3, -0.25) is 9.59 Å². The topological polar surface area (TPSA) is 67.9 Å². The molecule has 3 rings (SSSR count). The van der Waals surface area contributed by atoms with Crippen molar-refractivity contribution in [1.82, 2.24) is 10.2 Å². The van der Waals surface area contributed by atoms with Gasteiger partial charge in [-0.1, -0.05) is 30.3 Å². The SMILES string of the molecule is O=C(CCc1ccccc1)NCC(=O)N1CCC2(CC1)OCCO2. The maximum atomic E-state index is 12.2. The minimum Gasteiger partial charge on any atom is -0.347 e. The molecule has 2 amide bonds. The van der Waals surface area contributed by atoms with Crippen LogP contribution in [-0.2, 0) is 25.5 Å². The molecule has 6 nitrogen and oxygen atoms in total. The number of likely N-dealkylation sites (tertiary alicyclic amines) is 1. The Hall–Kier alpha value is -1.92. The molecule has 6 heteroatoms. The number of carbonyl (C=O) groups excluding carboxylic acids is 2. The lowest BCUT2D eigenvalue weighted by Gasteiger charge is -2.37. The van der Waals surface area contributed by atoms with E-state index in [-0.39, 0.29) is 18.4 Å². The molecule has 1 spiro atoms. The highest BCUT2D eigenvalue weighted by molar-refractivity contribution is 5.84. The highest BCUT2D eigenvalue weighted by Gasteiger charge is 2.40. The predicted octanol–water partition coefficient (Wildman–Crippen LogP) is 1.10. The van der Waals surface area contributed by atoms with Crippen molar-refractivity contribution in [3.8, 4) is 0 Å². The third-order valence-corrected chi connectivity index (χ3v) is 4.61. The van der Waals surface area contributed by atoms with E-state index in [0.29, 0.717) is 52.0 Å². The predicted molar refractivity (Wildman–Crippen MR) is 88.2 cm³/mol. The molecule has 0 saturated carbocycles. The van der Waals surface area contributed by atoms with Crippen molar-refractivity contribution in [2.24, 2.45) is 0 Å². The van der Waals surface area contributed by atoms with Gasteiger partial charge in [-0.25, -0.2) is 0 Å². The Bertz CT molecular complexity index is 560. The van der Waals surface area contributed by atoms with Crippen molar-refractivity contribution in [3.63, 3.8) is 0 Å². The van der Waals surface area contributed by atoms with Gasteiger partial charge < -0.3 is 19.7 Å². The van der Waals surface area contributed by atoms with E-state index in [1.54, 1.807) is 4.90 Å². The molecule has 2 saturated heterocycles. The molecule has 24 heavy (non-hydrogen) atoms. The Kier molecular flexibility index (Phi) is 5.48. The molecule has 0 bridgehead atoms. The number of hydrogen-bond acceptors (Lipinski definition) is 4. The maximum Gasteiger partial charge on any atom is 0.241 e. The third-order valence-electron chi connectivity index (χ3n) is 4.61. The van der Waals surface area contributed by atoms with Crippen molar-refractivity contribution in [3.05, 3.63) is 35.9 Å². The largest absolute Gasteiger partial charge is 0.347 e. The first-order valence-corrected chi connectivity index (χ1v) is 8.53. The van der Waals surface area contributed by atoms with Crippen LogP contribution in [0.5, 0.6) is 0 Å². The van der Waals surface area contributed by atoms with Gasteiger partial charge in [0.2, 0.25) is 11.8 Å². The summed E-state index contributed by atoms with van der Waals surface area (Å²) in [7, 11) is 0. The molecule has 1 N–H and O–H groups in total. The first kappa shape index (κ1) is 16.9. The van der Waals surface area contributed by atoms with Crippen molar-refractivity contribution < 1.29 is 19.1 Å². The van der Waals surface area contributed by atoms with E-state index < -0.39 is 5.79 Å². The fourth-order valence-electron chi connectivity index (χ4n) is 3.16. The van der Waals surface area contributed by atoms with Crippen LogP contribution in [0.15, 0.2) is 30.3 Å². The van der Waals surface area contributed by atoms with E-state index in [9.17, 15) is 9.59 Å². The van der Waals surface area contributed by atoms with Crippen LogP contribution in [0.1, 0.15) is 24.8 Å². The van der Waals surface area contributed by atoms with E-state index in [1.165, 1.54) is 0 Å². The first-order chi connectivity index (χ1) is 11.7. The second-order valence-corrected chi connectivity index (χ2v) is 6.25. The van der Waals surface area contributed by atoms with Gasteiger partial charge in [-0.2, -0.15) is 0 Å². The number of benzene rings is 1. The Morgan fingerprint density at radius 3 is 2.42 bits per heavy atom. The molecule has 2 aliphatic heterocycles. The summed E-state index contributed by atoms with van der Waals surface area (Å²) in [6, 6.07) is 9.85. The third kappa shape index (κ3) is 4.33. The smallest absolute Gasteiger partial charge is 0.241 e. The average molecular weight is 332 g/mol. The maximum absolute atomic E-state index is 12.2. The van der Waals surface area contributed by atoms with Gasteiger partial charge in [0.05, 0.1) is 19.8 Å². The van der Waals surface area contributed by atoms with Crippen LogP contribution in [0.2, 0.25) is 0 Å². The summed E-state index contributed by atoms with van der Waals surface area (Å²) < 4.78 is 11.3. The quantitative estimate of drug-likeness (QED) is 0.877. The van der Waals surface area contributed by atoms with E-state index in [0.717, 1.165) is 5.56 Å². The molecule has 0 atom stereocenters. The second-order valence-electron chi connectivity index (χ2n) is 6.25. The number of rotatable bonds is 5. The van der Waals surface area contributed by atoms with E-state index in [1.807, 2.05) is 30.3 Å². The van der Waals surface area contributed by atoms with Gasteiger partial charge in [-0.05, 0) is 12.0 Å². The number of nitrogens with one attached hydrogen (secondary N) is 1. The molecule has 2 aliphatic rings. The lowest BCUT2D eigenvalue weighted by Crippen LogP contribution is -2.49. The first-order valence-electron chi connectivity index (χ1n) is 8.53. The number of piperidine rings is 1. The fraction of sp³-hybridized carbons (Fsp3) is 0.556. The van der Waals surface area contributed by atoms with Crippen molar-refractivity contribution in [2.75, 3.05) is 32.8 Å². The average Bonchev–Trinajstić information content (AvgIpc) is 3.07. The molecule has 0 radical (unpaired) electrons. The van der Waals surface area contributed by atoms with Crippen molar-refractivity contribution in [1.29, 1.82) is 0 Å². The lowest BCUT2D eigenvalue weighted by atomic mass is 10.0. The molecule has 130 valence electrons. The van der Waals surface area contributed by atoms with Crippen LogP contribution in [-0.4, -0.2) is 55.3 Å². The van der Waals surface area contributed by atoms with Crippen LogP contribution in [0.25, 0.3) is 0 Å². The number of hydrogen-bond donors (Lipinski definition) is 1. The van der Waals surface area contributed by atoms with Crippen molar-refractivity contribution in [2.45, 2.75) is 31.5 Å². The minimum absolute atomic E-state index is 0.0455. The molecule has 2 fully saturated rings. The van der Waals surface area contributed by atoms with Crippen LogP contribution in [0.3, 0.4) is 0 Å². The van der Waals surface area contributed by atoms with Gasteiger partial charge >= 0.3 is 0 Å². The zero-order chi connectivity index (χ0) is 16.8. The number of ether oxygens (including phenoxy) is 2. The minimum atomic E-state index is -0.476. The summed E-state index contributed by atoms with van der Waals surface area (Å²) in [6.45, 7) is 2.54. The van der Waals surface area contributed by atoms with Gasteiger partial charge in [-0.15, -0.1) is 0 Å². The second kappa shape index (κ2) is 7.77. The molecule has 0 unspecified atom stereocenters. The summed E-state index contributed by atoms with van der Waals surface area (Å²) in [5, 5.41) is 2.72. The standard InChI is InChI=1S/C18H24N2O4/c21-16(7-6-15-4-2-1-3-5-15)19-14-17(22)20-10-8-18(9-11-20)23-12-13-24-18/h1-5H,6-14H2,(H,19,21). The van der Waals surface area contributed by atoms with E-state index in [2.05, 4.69) is 5.32 Å². The molecule has 0 aliphatic carbocycles. The lowest BCUT2D eigenvalue weighted by molar-refractivity contribution is -0.187. The van der Waals surface area contributed by atoms with Gasteiger partial charge in [0.15, 0.2) is 5.79 Å². The Morgan fingerprint density at radius 2 is 1.75 bits per heavy atom. The fourth-order valence-corrected chi connectivity index (χ4v) is 3.16. The zero-order valence-electron chi connectivity index (χ0n) is 13.8. The Morgan fingerprint density at radius 1 is 1.08 bits per heavy atom. The van der Waals surface area contributed by atoms with E-state index in [4.69, 9.17) is 9.47 Å². The Balaban J connectivity index is 1.35. The van der Waals surface area contributed by atoms with Gasteiger partial charge in [0.1, 0.15) is 0 Å². The van der Waals surface area contributed by atoms with Crippen LogP contribution in [0, 0.1) is 0 Å².